The van der Waals surface area contributed by atoms with Gasteiger partial charge >= 0.3 is 0 Å². The van der Waals surface area contributed by atoms with Gasteiger partial charge in [0.25, 0.3) is 0 Å². The van der Waals surface area contributed by atoms with E-state index in [9.17, 15) is 4.79 Å². The summed E-state index contributed by atoms with van der Waals surface area (Å²) in [5.74, 6) is 0.238. The Kier molecular flexibility index (Phi) is 4.65. The second-order valence-electron chi connectivity index (χ2n) is 4.64. The fourth-order valence-electron chi connectivity index (χ4n) is 2.09. The lowest BCUT2D eigenvalue weighted by Crippen LogP contribution is -2.46. The Morgan fingerprint density at radius 1 is 1.56 bits per heavy atom. The van der Waals surface area contributed by atoms with Gasteiger partial charge in [-0.3, -0.25) is 4.79 Å². The van der Waals surface area contributed by atoms with E-state index in [1.807, 2.05) is 25.2 Å². The van der Waals surface area contributed by atoms with Crippen molar-refractivity contribution in [3.63, 3.8) is 0 Å². The number of benzene rings is 1. The van der Waals surface area contributed by atoms with Crippen LogP contribution >= 0.6 is 27.5 Å². The summed E-state index contributed by atoms with van der Waals surface area (Å²) in [7, 11) is 1.86. The second kappa shape index (κ2) is 6.04. The van der Waals surface area contributed by atoms with Crippen LogP contribution in [0.25, 0.3) is 0 Å². The Morgan fingerprint density at radius 2 is 2.33 bits per heavy atom. The van der Waals surface area contributed by atoms with Gasteiger partial charge in [0.2, 0.25) is 5.91 Å². The van der Waals surface area contributed by atoms with Crippen molar-refractivity contribution in [3.8, 4) is 0 Å². The monoisotopic (exact) mass is 330 g/mol. The number of carbonyl (C=O) groups excluding carboxylic acids is 1. The minimum atomic E-state index is 0.238. The molecule has 1 N–H and O–H groups in total. The minimum absolute atomic E-state index is 0.238. The minimum Gasteiger partial charge on any atom is -0.344 e. The number of carbonyl (C=O) groups is 1. The highest BCUT2D eigenvalue weighted by molar-refractivity contribution is 9.10. The van der Waals surface area contributed by atoms with E-state index in [2.05, 4.69) is 21.2 Å². The molecule has 0 bridgehead atoms. The number of likely N-dealkylation sites (N-methyl/N-ethyl adjacent to an activating group) is 1. The fourth-order valence-corrected chi connectivity index (χ4v) is 2.63. The number of rotatable bonds is 3. The van der Waals surface area contributed by atoms with Crippen LogP contribution < -0.4 is 5.32 Å². The Labute approximate surface area is 121 Å². The molecule has 18 heavy (non-hydrogen) atoms. The van der Waals surface area contributed by atoms with Crippen LogP contribution in [0.2, 0.25) is 5.02 Å². The first-order valence-corrected chi connectivity index (χ1v) is 7.14. The average molecular weight is 332 g/mol. The van der Waals surface area contributed by atoms with Crippen molar-refractivity contribution in [3.05, 3.63) is 33.3 Å². The van der Waals surface area contributed by atoms with Crippen LogP contribution in [0, 0.1) is 0 Å². The number of likely N-dealkylation sites (tertiary alicyclic amines) is 1. The Morgan fingerprint density at radius 3 is 3.00 bits per heavy atom. The molecule has 1 fully saturated rings. The molecular weight excluding hydrogens is 316 g/mol. The standard InChI is InChI=1S/C13H16BrClN2O/c1-17-8-10(3-5-13(17)18)16-7-9-2-4-12(15)11(14)6-9/h2,4,6,10,16H,3,5,7-8H2,1H3. The van der Waals surface area contributed by atoms with E-state index in [1.165, 1.54) is 5.56 Å². The van der Waals surface area contributed by atoms with Gasteiger partial charge < -0.3 is 10.2 Å². The largest absolute Gasteiger partial charge is 0.344 e. The zero-order valence-electron chi connectivity index (χ0n) is 10.2. The summed E-state index contributed by atoms with van der Waals surface area (Å²) in [6, 6.07) is 6.30. The van der Waals surface area contributed by atoms with Crippen molar-refractivity contribution in [2.75, 3.05) is 13.6 Å². The number of halogens is 2. The van der Waals surface area contributed by atoms with Crippen LogP contribution in [-0.2, 0) is 11.3 Å². The molecule has 1 aliphatic rings. The van der Waals surface area contributed by atoms with Gasteiger partial charge in [0.1, 0.15) is 0 Å². The number of piperidine rings is 1. The van der Waals surface area contributed by atoms with Crippen LogP contribution in [0.4, 0.5) is 0 Å². The summed E-state index contributed by atoms with van der Waals surface area (Å²) >= 11 is 9.37. The zero-order valence-corrected chi connectivity index (χ0v) is 12.6. The molecule has 5 heteroatoms. The normalized spacial score (nSPS) is 20.3. The molecule has 1 atom stereocenters. The molecule has 1 amide bonds. The number of nitrogens with one attached hydrogen (secondary N) is 1. The smallest absolute Gasteiger partial charge is 0.222 e. The summed E-state index contributed by atoms with van der Waals surface area (Å²) in [6.45, 7) is 1.58. The predicted molar refractivity (Wildman–Crippen MR) is 76.7 cm³/mol. The molecule has 1 saturated heterocycles. The molecule has 0 radical (unpaired) electrons. The van der Waals surface area contributed by atoms with Crippen molar-refractivity contribution < 1.29 is 4.79 Å². The summed E-state index contributed by atoms with van der Waals surface area (Å²) in [5, 5.41) is 4.20. The number of amides is 1. The first-order valence-electron chi connectivity index (χ1n) is 5.97. The molecule has 1 aliphatic heterocycles. The van der Waals surface area contributed by atoms with E-state index in [-0.39, 0.29) is 5.91 Å². The van der Waals surface area contributed by atoms with Gasteiger partial charge in [0, 0.05) is 37.1 Å². The van der Waals surface area contributed by atoms with Crippen molar-refractivity contribution in [2.45, 2.75) is 25.4 Å². The average Bonchev–Trinajstić information content (AvgIpc) is 2.35. The van der Waals surface area contributed by atoms with Gasteiger partial charge in [-0.15, -0.1) is 0 Å². The van der Waals surface area contributed by atoms with E-state index < -0.39 is 0 Å². The van der Waals surface area contributed by atoms with Crippen LogP contribution in [0.1, 0.15) is 18.4 Å². The summed E-state index contributed by atoms with van der Waals surface area (Å²) in [4.78, 5) is 13.2. The molecular formula is C13H16BrClN2O. The topological polar surface area (TPSA) is 32.3 Å². The van der Waals surface area contributed by atoms with Crippen molar-refractivity contribution in [1.82, 2.24) is 10.2 Å². The van der Waals surface area contributed by atoms with E-state index in [0.29, 0.717) is 12.5 Å². The van der Waals surface area contributed by atoms with Gasteiger partial charge in [-0.1, -0.05) is 17.7 Å². The SMILES string of the molecule is CN1CC(NCc2ccc(Cl)c(Br)c2)CCC1=O. The maximum atomic E-state index is 11.4. The lowest BCUT2D eigenvalue weighted by atomic mass is 10.1. The van der Waals surface area contributed by atoms with Crippen molar-refractivity contribution in [2.24, 2.45) is 0 Å². The third-order valence-electron chi connectivity index (χ3n) is 3.21. The molecule has 2 rings (SSSR count). The first kappa shape index (κ1) is 13.8. The fraction of sp³-hybridized carbons (Fsp3) is 0.462. The number of nitrogens with zero attached hydrogens (tertiary/aromatic N) is 1. The molecule has 1 heterocycles. The van der Waals surface area contributed by atoms with Gasteiger partial charge in [-0.2, -0.15) is 0 Å². The van der Waals surface area contributed by atoms with Crippen LogP contribution in [-0.4, -0.2) is 30.4 Å². The summed E-state index contributed by atoms with van der Waals surface area (Å²) in [5.41, 5.74) is 1.19. The van der Waals surface area contributed by atoms with Crippen molar-refractivity contribution in [1.29, 1.82) is 0 Å². The molecule has 3 nitrogen and oxygen atoms in total. The molecule has 1 unspecified atom stereocenters. The molecule has 1 aromatic rings. The first-order chi connectivity index (χ1) is 8.56. The summed E-state index contributed by atoms with van der Waals surface area (Å²) < 4.78 is 0.916. The van der Waals surface area contributed by atoms with E-state index in [1.54, 1.807) is 4.90 Å². The van der Waals surface area contributed by atoms with Crippen LogP contribution in [0.3, 0.4) is 0 Å². The predicted octanol–water partition coefficient (Wildman–Crippen LogP) is 2.81. The van der Waals surface area contributed by atoms with E-state index >= 15 is 0 Å². The second-order valence-corrected chi connectivity index (χ2v) is 5.90. The third-order valence-corrected chi connectivity index (χ3v) is 4.42. The van der Waals surface area contributed by atoms with E-state index in [4.69, 9.17) is 11.6 Å². The lowest BCUT2D eigenvalue weighted by molar-refractivity contribution is -0.132. The maximum absolute atomic E-state index is 11.4. The Hall–Kier alpha value is -0.580. The molecule has 0 aliphatic carbocycles. The van der Waals surface area contributed by atoms with Crippen LogP contribution in [0.15, 0.2) is 22.7 Å². The molecule has 0 aromatic heterocycles. The summed E-state index contributed by atoms with van der Waals surface area (Å²) in [6.07, 6.45) is 1.55. The zero-order chi connectivity index (χ0) is 13.1. The molecule has 0 spiro atoms. The number of hydrogen-bond acceptors (Lipinski definition) is 2. The Bertz CT molecular complexity index is 453. The van der Waals surface area contributed by atoms with Gasteiger partial charge in [-0.25, -0.2) is 0 Å². The number of hydrogen-bond donors (Lipinski definition) is 1. The molecule has 0 saturated carbocycles. The van der Waals surface area contributed by atoms with Crippen molar-refractivity contribution >= 4 is 33.4 Å². The van der Waals surface area contributed by atoms with Gasteiger partial charge in [0.05, 0.1) is 5.02 Å². The quantitative estimate of drug-likeness (QED) is 0.924. The van der Waals surface area contributed by atoms with Gasteiger partial charge in [-0.05, 0) is 40.0 Å². The maximum Gasteiger partial charge on any atom is 0.222 e. The lowest BCUT2D eigenvalue weighted by Gasteiger charge is -2.30. The highest BCUT2D eigenvalue weighted by atomic mass is 79.9. The molecule has 98 valence electrons. The highest BCUT2D eigenvalue weighted by Crippen LogP contribution is 2.23. The Balaban J connectivity index is 1.88. The molecule has 1 aromatic carbocycles. The highest BCUT2D eigenvalue weighted by Gasteiger charge is 2.22. The van der Waals surface area contributed by atoms with E-state index in [0.717, 1.165) is 29.0 Å². The third kappa shape index (κ3) is 3.46. The van der Waals surface area contributed by atoms with Crippen LogP contribution in [0.5, 0.6) is 0 Å². The van der Waals surface area contributed by atoms with Gasteiger partial charge in [0.15, 0.2) is 0 Å².